The highest BCUT2D eigenvalue weighted by atomic mass is 35.5. The first kappa shape index (κ1) is 31.8. The number of halogens is 1. The molecule has 1 aromatic carbocycles. The van der Waals surface area contributed by atoms with E-state index in [-0.39, 0.29) is 62.9 Å². The number of hydrogen-bond acceptors (Lipinski definition) is 10. The van der Waals surface area contributed by atoms with Gasteiger partial charge in [-0.25, -0.2) is 9.59 Å². The van der Waals surface area contributed by atoms with Crippen LogP contribution in [-0.4, -0.2) is 69.9 Å². The third-order valence-corrected chi connectivity index (χ3v) is 6.19. The number of methoxy groups -OCH3 is 1. The molecule has 1 unspecified atom stereocenters. The lowest BCUT2D eigenvalue weighted by atomic mass is 9.80. The van der Waals surface area contributed by atoms with Gasteiger partial charge in [-0.2, -0.15) is 0 Å². The van der Waals surface area contributed by atoms with E-state index < -0.39 is 29.9 Å². The number of benzene rings is 1. The highest BCUT2D eigenvalue weighted by Gasteiger charge is 2.39. The molecule has 11 nitrogen and oxygen atoms in total. The van der Waals surface area contributed by atoms with Crippen molar-refractivity contribution in [1.82, 2.24) is 10.6 Å². The Morgan fingerprint density at radius 1 is 1.08 bits per heavy atom. The standard InChI is InChI=1S/C27H36ClN3O8/c1-5-38-25(33)19(29)11-12-21(32)30-13-14-37-15-20-24(27(35)39-6-2)23(17-9-7-8-10-18(17)28)22(16(3)31-20)26(34)36-4/h7-10,19,23,31H,5-6,11-15,29H2,1-4H3,(H,30,32)/t19-,23?/m0/s1. The molecule has 12 heteroatoms. The van der Waals surface area contributed by atoms with Crippen LogP contribution in [0.4, 0.5) is 0 Å². The second kappa shape index (κ2) is 15.9. The lowest BCUT2D eigenvalue weighted by molar-refractivity contribution is -0.145. The third-order valence-electron chi connectivity index (χ3n) is 5.85. The minimum atomic E-state index is -0.866. The van der Waals surface area contributed by atoms with E-state index in [0.717, 1.165) is 0 Å². The Morgan fingerprint density at radius 3 is 2.41 bits per heavy atom. The fourth-order valence-corrected chi connectivity index (χ4v) is 4.28. The third kappa shape index (κ3) is 8.81. The van der Waals surface area contributed by atoms with Crippen molar-refractivity contribution in [1.29, 1.82) is 0 Å². The number of rotatable bonds is 14. The minimum absolute atomic E-state index is 0.0372. The van der Waals surface area contributed by atoms with E-state index in [4.69, 9.17) is 36.3 Å². The number of dihydropyridines is 1. The van der Waals surface area contributed by atoms with Crippen LogP contribution >= 0.6 is 11.6 Å². The van der Waals surface area contributed by atoms with Crippen LogP contribution in [0.2, 0.25) is 5.02 Å². The predicted octanol–water partition coefficient (Wildman–Crippen LogP) is 2.09. The summed E-state index contributed by atoms with van der Waals surface area (Å²) in [6.45, 7) is 5.67. The predicted molar refractivity (Wildman–Crippen MR) is 143 cm³/mol. The van der Waals surface area contributed by atoms with Crippen molar-refractivity contribution in [3.05, 3.63) is 57.4 Å². The zero-order valence-corrected chi connectivity index (χ0v) is 23.4. The van der Waals surface area contributed by atoms with E-state index in [9.17, 15) is 19.2 Å². The molecular formula is C27H36ClN3O8. The molecule has 1 aromatic rings. The molecule has 1 amide bonds. The summed E-state index contributed by atoms with van der Waals surface area (Å²) >= 11 is 6.49. The summed E-state index contributed by atoms with van der Waals surface area (Å²) in [6, 6.07) is 6.04. The molecule has 2 atom stereocenters. The van der Waals surface area contributed by atoms with E-state index in [1.165, 1.54) is 7.11 Å². The summed E-state index contributed by atoms with van der Waals surface area (Å²) in [7, 11) is 1.26. The Balaban J connectivity index is 2.15. The Kier molecular flexibility index (Phi) is 12.9. The maximum Gasteiger partial charge on any atom is 0.336 e. The molecule has 1 heterocycles. The van der Waals surface area contributed by atoms with E-state index in [0.29, 0.717) is 22.0 Å². The van der Waals surface area contributed by atoms with E-state index in [2.05, 4.69) is 10.6 Å². The number of nitrogens with one attached hydrogen (secondary N) is 2. The lowest BCUT2D eigenvalue weighted by Gasteiger charge is -2.31. The second-order valence-corrected chi connectivity index (χ2v) is 8.93. The Bertz CT molecular complexity index is 1120. The van der Waals surface area contributed by atoms with Gasteiger partial charge < -0.3 is 35.3 Å². The van der Waals surface area contributed by atoms with E-state index in [1.807, 2.05) is 0 Å². The van der Waals surface area contributed by atoms with Crippen LogP contribution < -0.4 is 16.4 Å². The van der Waals surface area contributed by atoms with Crippen molar-refractivity contribution in [2.75, 3.05) is 40.1 Å². The van der Waals surface area contributed by atoms with Crippen LogP contribution in [0, 0.1) is 0 Å². The van der Waals surface area contributed by atoms with Gasteiger partial charge >= 0.3 is 17.9 Å². The monoisotopic (exact) mass is 565 g/mol. The van der Waals surface area contributed by atoms with Crippen LogP contribution in [-0.2, 0) is 38.1 Å². The average Bonchev–Trinajstić information content (AvgIpc) is 2.91. The first-order valence-electron chi connectivity index (χ1n) is 12.6. The van der Waals surface area contributed by atoms with Gasteiger partial charge in [0.25, 0.3) is 0 Å². The summed E-state index contributed by atoms with van der Waals surface area (Å²) < 4.78 is 20.9. The SMILES string of the molecule is CCOC(=O)C1=C(COCCNC(=O)CC[C@H](N)C(=O)OCC)NC(C)=C(C(=O)OC)C1c1ccccc1Cl. The second-order valence-electron chi connectivity index (χ2n) is 8.52. The van der Waals surface area contributed by atoms with Gasteiger partial charge in [-0.15, -0.1) is 0 Å². The van der Waals surface area contributed by atoms with Crippen molar-refractivity contribution in [3.63, 3.8) is 0 Å². The summed E-state index contributed by atoms with van der Waals surface area (Å²) in [5, 5.41) is 6.15. The maximum atomic E-state index is 13.2. The number of amides is 1. The van der Waals surface area contributed by atoms with E-state index >= 15 is 0 Å². The van der Waals surface area contributed by atoms with Crippen molar-refractivity contribution < 1.29 is 38.1 Å². The first-order chi connectivity index (χ1) is 18.7. The number of carbonyl (C=O) groups is 4. The molecule has 214 valence electrons. The summed E-state index contributed by atoms with van der Waals surface area (Å²) in [4.78, 5) is 49.6. The van der Waals surface area contributed by atoms with Crippen LogP contribution in [0.15, 0.2) is 46.8 Å². The van der Waals surface area contributed by atoms with E-state index in [1.54, 1.807) is 45.0 Å². The molecule has 39 heavy (non-hydrogen) atoms. The molecule has 1 aliphatic heterocycles. The van der Waals surface area contributed by atoms with Gasteiger partial charge in [0.2, 0.25) is 5.91 Å². The summed E-state index contributed by atoms with van der Waals surface area (Å²) in [6.07, 6.45) is 0.211. The molecule has 0 bridgehead atoms. The number of nitrogens with two attached hydrogens (primary N) is 1. The van der Waals surface area contributed by atoms with Gasteiger partial charge in [0.15, 0.2) is 0 Å². The normalized spacial score (nSPS) is 15.8. The van der Waals surface area contributed by atoms with Gasteiger partial charge in [0.1, 0.15) is 6.04 Å². The molecule has 0 fully saturated rings. The molecule has 0 radical (unpaired) electrons. The molecule has 0 aliphatic carbocycles. The molecule has 0 saturated carbocycles. The highest BCUT2D eigenvalue weighted by molar-refractivity contribution is 6.31. The maximum absolute atomic E-state index is 13.2. The Hall–Kier alpha value is -3.41. The number of hydrogen-bond donors (Lipinski definition) is 3. The van der Waals surface area contributed by atoms with Gasteiger partial charge in [0, 0.05) is 23.7 Å². The molecule has 0 aromatic heterocycles. The van der Waals surface area contributed by atoms with Crippen LogP contribution in [0.3, 0.4) is 0 Å². The largest absolute Gasteiger partial charge is 0.466 e. The van der Waals surface area contributed by atoms with Crippen molar-refractivity contribution in [3.8, 4) is 0 Å². The molecule has 1 aliphatic rings. The van der Waals surface area contributed by atoms with Crippen LogP contribution in [0.1, 0.15) is 45.1 Å². The zero-order valence-electron chi connectivity index (χ0n) is 22.6. The van der Waals surface area contributed by atoms with Crippen molar-refractivity contribution in [2.45, 2.75) is 45.6 Å². The lowest BCUT2D eigenvalue weighted by Crippen LogP contribution is -2.36. The summed E-state index contributed by atoms with van der Waals surface area (Å²) in [5.41, 5.74) is 7.52. The van der Waals surface area contributed by atoms with Gasteiger partial charge in [-0.05, 0) is 38.8 Å². The topological polar surface area (TPSA) is 155 Å². The number of allylic oxidation sites excluding steroid dienone is 1. The minimum Gasteiger partial charge on any atom is -0.466 e. The first-order valence-corrected chi connectivity index (χ1v) is 13.0. The van der Waals surface area contributed by atoms with Gasteiger partial charge in [0.05, 0.1) is 56.3 Å². The van der Waals surface area contributed by atoms with Gasteiger partial charge in [-0.1, -0.05) is 29.8 Å². The average molecular weight is 566 g/mol. The molecule has 2 rings (SSSR count). The fourth-order valence-electron chi connectivity index (χ4n) is 4.04. The number of ether oxygens (including phenoxy) is 4. The van der Waals surface area contributed by atoms with Crippen molar-refractivity contribution in [2.24, 2.45) is 5.73 Å². The Labute approximate surface area is 233 Å². The van der Waals surface area contributed by atoms with Gasteiger partial charge in [-0.3, -0.25) is 9.59 Å². The summed E-state index contributed by atoms with van der Waals surface area (Å²) in [5.74, 6) is -2.94. The highest BCUT2D eigenvalue weighted by Crippen LogP contribution is 2.41. The smallest absolute Gasteiger partial charge is 0.336 e. The molecule has 4 N–H and O–H groups in total. The molecule has 0 saturated heterocycles. The zero-order chi connectivity index (χ0) is 28.9. The molecular weight excluding hydrogens is 530 g/mol. The number of carbonyl (C=O) groups excluding carboxylic acids is 4. The number of esters is 3. The fraction of sp³-hybridized carbons (Fsp3) is 0.481. The van der Waals surface area contributed by atoms with Crippen LogP contribution in [0.5, 0.6) is 0 Å². The Morgan fingerprint density at radius 2 is 1.77 bits per heavy atom. The molecule has 0 spiro atoms. The quantitative estimate of drug-likeness (QED) is 0.173. The van der Waals surface area contributed by atoms with Crippen molar-refractivity contribution >= 4 is 35.4 Å². The van der Waals surface area contributed by atoms with Crippen LogP contribution in [0.25, 0.3) is 0 Å².